The van der Waals surface area contributed by atoms with Crippen molar-refractivity contribution in [2.75, 3.05) is 13.7 Å². The van der Waals surface area contributed by atoms with E-state index < -0.39 is 23.1 Å². The maximum absolute atomic E-state index is 13.4. The molecule has 0 bridgehead atoms. The summed E-state index contributed by atoms with van der Waals surface area (Å²) in [6.45, 7) is 3.44. The van der Waals surface area contributed by atoms with Crippen LogP contribution >= 0.6 is 11.6 Å². The third kappa shape index (κ3) is 4.68. The molecule has 0 saturated heterocycles. The van der Waals surface area contributed by atoms with Crippen molar-refractivity contribution in [2.45, 2.75) is 19.9 Å². The molecule has 0 aliphatic rings. The van der Waals surface area contributed by atoms with Gasteiger partial charge in [0.2, 0.25) is 0 Å². The topological polar surface area (TPSA) is 147 Å². The first-order valence-corrected chi connectivity index (χ1v) is 10.9. The molecule has 0 spiro atoms. The number of aromatic nitrogens is 5. The number of halogens is 1. The Labute approximate surface area is 204 Å². The monoisotopic (exact) mass is 498 g/mol. The van der Waals surface area contributed by atoms with E-state index in [0.29, 0.717) is 39.4 Å². The van der Waals surface area contributed by atoms with Crippen molar-refractivity contribution in [3.8, 4) is 28.7 Å². The number of carbonyl (C=O) groups is 1. The van der Waals surface area contributed by atoms with E-state index in [1.54, 1.807) is 44.2 Å². The lowest BCUT2D eigenvalue weighted by molar-refractivity contribution is -0.141. The van der Waals surface area contributed by atoms with E-state index in [0.717, 1.165) is 0 Å². The third-order valence-electron chi connectivity index (χ3n) is 5.55. The Morgan fingerprint density at radius 1 is 1.17 bits per heavy atom. The number of benzene rings is 1. The first-order chi connectivity index (χ1) is 16.6. The molecule has 1 unspecified atom stereocenters. The second-order valence-corrected chi connectivity index (χ2v) is 8.90. The van der Waals surface area contributed by atoms with Crippen LogP contribution in [0.3, 0.4) is 0 Å². The minimum absolute atomic E-state index is 0.0391. The summed E-state index contributed by atoms with van der Waals surface area (Å²) in [6.07, 6.45) is 4.31. The Morgan fingerprint density at radius 3 is 2.54 bits per heavy atom. The van der Waals surface area contributed by atoms with Crippen LogP contribution in [-0.4, -0.2) is 54.8 Å². The molecule has 0 fully saturated rings. The molecular weight excluding hydrogens is 476 g/mol. The second-order valence-electron chi connectivity index (χ2n) is 8.46. The summed E-state index contributed by atoms with van der Waals surface area (Å²) in [5, 5.41) is 9.59. The smallest absolute Gasteiger partial charge is 0.340 e. The molecule has 3 aromatic heterocycles. The molecule has 0 aliphatic heterocycles. The molecule has 11 nitrogen and oxygen atoms in total. The second kappa shape index (κ2) is 9.35. The van der Waals surface area contributed by atoms with Crippen molar-refractivity contribution in [2.24, 2.45) is 11.1 Å². The molecule has 1 aromatic carbocycles. The molecule has 35 heavy (non-hydrogen) atoms. The number of nitrogens with two attached hydrogens (primary N) is 1. The molecule has 4 aromatic rings. The van der Waals surface area contributed by atoms with Gasteiger partial charge in [0, 0.05) is 23.9 Å². The van der Waals surface area contributed by atoms with Crippen LogP contribution in [0.2, 0.25) is 5.02 Å². The highest BCUT2D eigenvalue weighted by molar-refractivity contribution is 6.30. The van der Waals surface area contributed by atoms with Crippen molar-refractivity contribution in [1.29, 1.82) is 0 Å². The van der Waals surface area contributed by atoms with Gasteiger partial charge in [0.15, 0.2) is 17.3 Å². The van der Waals surface area contributed by atoms with Crippen LogP contribution in [0, 0.1) is 5.41 Å². The number of methoxy groups -OCH3 is 1. The van der Waals surface area contributed by atoms with Crippen LogP contribution in [0.5, 0.6) is 11.5 Å². The zero-order valence-corrected chi connectivity index (χ0v) is 19.9. The molecule has 3 heterocycles. The summed E-state index contributed by atoms with van der Waals surface area (Å²) in [7, 11) is 1.46. The van der Waals surface area contributed by atoms with Gasteiger partial charge in [0.25, 0.3) is 0 Å². The van der Waals surface area contributed by atoms with Crippen molar-refractivity contribution in [3.63, 3.8) is 0 Å². The summed E-state index contributed by atoms with van der Waals surface area (Å²) in [5.41, 5.74) is 5.92. The van der Waals surface area contributed by atoms with Gasteiger partial charge < -0.3 is 20.3 Å². The number of rotatable bonds is 8. The lowest BCUT2D eigenvalue weighted by Gasteiger charge is -2.28. The fourth-order valence-corrected chi connectivity index (χ4v) is 3.51. The average molecular weight is 499 g/mol. The van der Waals surface area contributed by atoms with Gasteiger partial charge in [-0.3, -0.25) is 9.36 Å². The van der Waals surface area contributed by atoms with Crippen molar-refractivity contribution >= 4 is 23.2 Å². The van der Waals surface area contributed by atoms with Gasteiger partial charge in [0.05, 0.1) is 30.1 Å². The Kier molecular flexibility index (Phi) is 6.46. The molecule has 0 radical (unpaired) electrons. The zero-order valence-electron chi connectivity index (χ0n) is 19.2. The maximum atomic E-state index is 13.4. The number of fused-ring (bicyclic) bond motifs is 1. The molecule has 1 atom stereocenters. The first kappa shape index (κ1) is 24.2. The van der Waals surface area contributed by atoms with E-state index in [2.05, 4.69) is 15.0 Å². The molecule has 4 rings (SSSR count). The lowest BCUT2D eigenvalue weighted by Crippen LogP contribution is -2.47. The fourth-order valence-electron chi connectivity index (χ4n) is 3.41. The van der Waals surface area contributed by atoms with Gasteiger partial charge in [-0.1, -0.05) is 25.4 Å². The molecular formula is C23H23ClN6O5. The number of hydrogen-bond donors (Lipinski definition) is 2. The quantitative estimate of drug-likeness (QED) is 0.373. The Balaban J connectivity index is 1.69. The Bertz CT molecular complexity index is 1450. The number of aliphatic carboxylic acids is 1. The number of carboxylic acid groups (broad SMARTS) is 1. The van der Waals surface area contributed by atoms with Gasteiger partial charge in [0.1, 0.15) is 18.0 Å². The van der Waals surface area contributed by atoms with Crippen molar-refractivity contribution < 1.29 is 19.4 Å². The van der Waals surface area contributed by atoms with Crippen LogP contribution in [0.1, 0.15) is 13.8 Å². The van der Waals surface area contributed by atoms with E-state index in [1.165, 1.54) is 34.8 Å². The first-order valence-electron chi connectivity index (χ1n) is 10.5. The molecule has 3 N–H and O–H groups in total. The summed E-state index contributed by atoms with van der Waals surface area (Å²) in [5.74, 6) is -0.0608. The highest BCUT2D eigenvalue weighted by Gasteiger charge is 2.33. The van der Waals surface area contributed by atoms with E-state index in [9.17, 15) is 14.7 Å². The minimum atomic E-state index is -1.11. The van der Waals surface area contributed by atoms with Crippen molar-refractivity contribution in [3.05, 3.63) is 64.6 Å². The van der Waals surface area contributed by atoms with E-state index in [-0.39, 0.29) is 6.61 Å². The van der Waals surface area contributed by atoms with Gasteiger partial charge in [-0.25, -0.2) is 24.1 Å². The van der Waals surface area contributed by atoms with E-state index in [1.807, 2.05) is 0 Å². The highest BCUT2D eigenvalue weighted by Crippen LogP contribution is 2.31. The van der Waals surface area contributed by atoms with Crippen LogP contribution < -0.4 is 20.9 Å². The van der Waals surface area contributed by atoms with Crippen LogP contribution in [0.15, 0.2) is 53.8 Å². The van der Waals surface area contributed by atoms with Crippen LogP contribution in [-0.2, 0) is 4.79 Å². The standard InChI is InChI=1S/C23H23ClN6O5/c1-23(2,19(25)21(31)32)11-35-16-6-4-14(8-17(16)34-3)29-12-28-18-7-5-15(30(18)22(29)33)20-26-9-13(24)10-27-20/h4-10,12,19H,11,25H2,1-3H3,(H,31,32). The number of ether oxygens (including phenoxy) is 2. The number of nitrogens with zero attached hydrogens (tertiary/aromatic N) is 5. The van der Waals surface area contributed by atoms with Crippen LogP contribution in [0.25, 0.3) is 22.9 Å². The normalized spacial score (nSPS) is 12.5. The third-order valence-corrected chi connectivity index (χ3v) is 5.74. The molecule has 0 amide bonds. The number of carboxylic acids is 1. The summed E-state index contributed by atoms with van der Waals surface area (Å²) in [4.78, 5) is 37.4. The number of hydrogen-bond acceptors (Lipinski definition) is 8. The molecule has 0 saturated carbocycles. The Morgan fingerprint density at radius 2 is 1.89 bits per heavy atom. The van der Waals surface area contributed by atoms with Gasteiger partial charge >= 0.3 is 11.7 Å². The maximum Gasteiger partial charge on any atom is 0.340 e. The minimum Gasteiger partial charge on any atom is -0.493 e. The lowest BCUT2D eigenvalue weighted by atomic mass is 9.86. The molecule has 182 valence electrons. The summed E-state index contributed by atoms with van der Waals surface area (Å²) in [6, 6.07) is 7.21. The Hall–Kier alpha value is -3.96. The van der Waals surface area contributed by atoms with Gasteiger partial charge in [-0.2, -0.15) is 0 Å². The van der Waals surface area contributed by atoms with Crippen LogP contribution in [0.4, 0.5) is 0 Å². The summed E-state index contributed by atoms with van der Waals surface area (Å²) >= 11 is 5.88. The highest BCUT2D eigenvalue weighted by atomic mass is 35.5. The van der Waals surface area contributed by atoms with E-state index in [4.69, 9.17) is 26.8 Å². The SMILES string of the molecule is COc1cc(-n2cnc3ccc(-c4ncc(Cl)cn4)n3c2=O)ccc1OCC(C)(C)C(N)C(=O)O. The van der Waals surface area contributed by atoms with Gasteiger partial charge in [-0.15, -0.1) is 0 Å². The molecule has 12 heteroatoms. The van der Waals surface area contributed by atoms with Gasteiger partial charge in [-0.05, 0) is 24.3 Å². The predicted molar refractivity (Wildman–Crippen MR) is 128 cm³/mol. The summed E-state index contributed by atoms with van der Waals surface area (Å²) < 4.78 is 14.0. The predicted octanol–water partition coefficient (Wildman–Crippen LogP) is 2.42. The zero-order chi connectivity index (χ0) is 25.3. The van der Waals surface area contributed by atoms with Crippen molar-refractivity contribution in [1.82, 2.24) is 23.9 Å². The largest absolute Gasteiger partial charge is 0.493 e. The average Bonchev–Trinajstić information content (AvgIpc) is 3.28. The molecule has 0 aliphatic carbocycles. The fraction of sp³-hybridized carbons (Fsp3) is 0.261. The van der Waals surface area contributed by atoms with E-state index >= 15 is 0 Å².